The average molecular weight is 478 g/mol. The van der Waals surface area contributed by atoms with Gasteiger partial charge >= 0.3 is 5.97 Å². The number of aryl methyl sites for hydroxylation is 1. The molecule has 1 aromatic heterocycles. The molecule has 0 spiro atoms. The number of carbonyl (C=O) groups is 3. The summed E-state index contributed by atoms with van der Waals surface area (Å²) in [7, 11) is -3.39. The van der Waals surface area contributed by atoms with Crippen LogP contribution in [-0.2, 0) is 38.8 Å². The van der Waals surface area contributed by atoms with E-state index in [0.717, 1.165) is 41.5 Å². The van der Waals surface area contributed by atoms with Gasteiger partial charge < -0.3 is 15.8 Å². The largest absolute Gasteiger partial charge is 0.449 e. The number of esters is 1. The average Bonchev–Trinajstić information content (AvgIpc) is 3.40. The number of benzene rings is 1. The lowest BCUT2D eigenvalue weighted by Gasteiger charge is -2.17. The second-order valence-electron chi connectivity index (χ2n) is 7.89. The molecular formula is C21H23N3O6S2. The third kappa shape index (κ3) is 4.09. The molecule has 0 radical (unpaired) electrons. The molecule has 9 nitrogen and oxygen atoms in total. The van der Waals surface area contributed by atoms with E-state index in [-0.39, 0.29) is 5.56 Å². The lowest BCUT2D eigenvalue weighted by molar-refractivity contribution is -0.123. The first-order valence-corrected chi connectivity index (χ1v) is 12.8. The maximum atomic E-state index is 12.6. The van der Waals surface area contributed by atoms with Crippen LogP contribution in [0.15, 0.2) is 18.2 Å². The molecule has 2 aliphatic rings. The number of carbonyl (C=O) groups excluding carboxylic acids is 3. The number of nitrogens with two attached hydrogens (primary N) is 1. The smallest absolute Gasteiger partial charge is 0.338 e. The number of rotatable bonds is 6. The van der Waals surface area contributed by atoms with Crippen LogP contribution in [0, 0.1) is 0 Å². The van der Waals surface area contributed by atoms with Gasteiger partial charge in [-0.3, -0.25) is 13.9 Å². The molecule has 0 saturated heterocycles. The Morgan fingerprint density at radius 2 is 1.97 bits per heavy atom. The molecule has 0 fully saturated rings. The molecule has 3 N–H and O–H groups in total. The molecule has 170 valence electrons. The van der Waals surface area contributed by atoms with Gasteiger partial charge in [0.15, 0.2) is 6.10 Å². The summed E-state index contributed by atoms with van der Waals surface area (Å²) in [5.74, 6) is -1.85. The summed E-state index contributed by atoms with van der Waals surface area (Å²) >= 11 is 1.33. The van der Waals surface area contributed by atoms with E-state index in [1.54, 1.807) is 12.1 Å². The lowest BCUT2D eigenvalue weighted by atomic mass is 10.1. The van der Waals surface area contributed by atoms with Crippen LogP contribution < -0.4 is 15.4 Å². The standard InChI is InChI=1S/C21H23N3O6S2/c1-11(19(26)23-20-17(18(22)25)14-4-3-5-16(14)31-20)30-21(27)13-6-7-15-12(10-13)8-9-24(15)32(2,28)29/h6-7,10-11H,3-5,8-9H2,1-2H3,(H2,22,25)(H,23,26). The van der Waals surface area contributed by atoms with Crippen LogP contribution in [0.4, 0.5) is 10.7 Å². The predicted molar refractivity (Wildman–Crippen MR) is 121 cm³/mol. The van der Waals surface area contributed by atoms with E-state index in [1.807, 2.05) is 0 Å². The fraction of sp³-hybridized carbons (Fsp3) is 0.381. The quantitative estimate of drug-likeness (QED) is 0.610. The number of fused-ring (bicyclic) bond motifs is 2. The molecule has 32 heavy (non-hydrogen) atoms. The van der Waals surface area contributed by atoms with E-state index in [1.165, 1.54) is 28.6 Å². The molecule has 4 rings (SSSR count). The lowest BCUT2D eigenvalue weighted by Crippen LogP contribution is -2.30. The highest BCUT2D eigenvalue weighted by Crippen LogP contribution is 2.39. The molecule has 2 aromatic rings. The second-order valence-corrected chi connectivity index (χ2v) is 10.9. The molecule has 1 aliphatic carbocycles. The van der Waals surface area contributed by atoms with Crippen molar-refractivity contribution in [1.82, 2.24) is 0 Å². The van der Waals surface area contributed by atoms with Gasteiger partial charge in [0.05, 0.1) is 23.1 Å². The zero-order valence-corrected chi connectivity index (χ0v) is 19.3. The number of primary amides is 1. The minimum atomic E-state index is -3.39. The topological polar surface area (TPSA) is 136 Å². The van der Waals surface area contributed by atoms with Crippen molar-refractivity contribution in [3.05, 3.63) is 45.3 Å². The van der Waals surface area contributed by atoms with Crippen LogP contribution in [0.25, 0.3) is 0 Å². The number of nitrogens with zero attached hydrogens (tertiary/aromatic N) is 1. The number of nitrogens with one attached hydrogen (secondary N) is 1. The highest BCUT2D eigenvalue weighted by atomic mass is 32.2. The molecule has 11 heteroatoms. The molecule has 1 aromatic carbocycles. The van der Waals surface area contributed by atoms with Gasteiger partial charge in [-0.05, 0) is 61.9 Å². The van der Waals surface area contributed by atoms with E-state index < -0.39 is 33.9 Å². The summed E-state index contributed by atoms with van der Waals surface area (Å²) in [5, 5.41) is 3.05. The molecular weight excluding hydrogens is 454 g/mol. The Morgan fingerprint density at radius 3 is 2.66 bits per heavy atom. The number of hydrogen-bond acceptors (Lipinski definition) is 7. The predicted octanol–water partition coefficient (Wildman–Crippen LogP) is 1.84. The van der Waals surface area contributed by atoms with Gasteiger partial charge in [-0.2, -0.15) is 0 Å². The van der Waals surface area contributed by atoms with Crippen molar-refractivity contribution in [3.63, 3.8) is 0 Å². The molecule has 2 heterocycles. The molecule has 1 atom stereocenters. The van der Waals surface area contributed by atoms with Gasteiger partial charge in [0, 0.05) is 11.4 Å². The van der Waals surface area contributed by atoms with Gasteiger partial charge in [0.25, 0.3) is 11.8 Å². The van der Waals surface area contributed by atoms with Crippen molar-refractivity contribution < 1.29 is 27.5 Å². The van der Waals surface area contributed by atoms with E-state index >= 15 is 0 Å². The Bertz CT molecular complexity index is 1230. The van der Waals surface area contributed by atoms with Crippen molar-refractivity contribution in [1.29, 1.82) is 0 Å². The zero-order valence-electron chi connectivity index (χ0n) is 17.6. The number of anilines is 2. The molecule has 1 aliphatic heterocycles. The number of thiophene rings is 1. The van der Waals surface area contributed by atoms with Gasteiger partial charge in [-0.1, -0.05) is 0 Å². The molecule has 1 unspecified atom stereocenters. The van der Waals surface area contributed by atoms with E-state index in [9.17, 15) is 22.8 Å². The van der Waals surface area contributed by atoms with Crippen molar-refractivity contribution in [3.8, 4) is 0 Å². The first-order valence-electron chi connectivity index (χ1n) is 10.1. The van der Waals surface area contributed by atoms with Crippen LogP contribution in [0.5, 0.6) is 0 Å². The zero-order chi connectivity index (χ0) is 23.2. The fourth-order valence-electron chi connectivity index (χ4n) is 4.09. The normalized spacial score (nSPS) is 15.8. The minimum absolute atomic E-state index is 0.228. The minimum Gasteiger partial charge on any atom is -0.449 e. The third-order valence-electron chi connectivity index (χ3n) is 5.63. The monoisotopic (exact) mass is 477 g/mol. The molecule has 0 saturated carbocycles. The van der Waals surface area contributed by atoms with Crippen molar-refractivity contribution in [2.75, 3.05) is 22.4 Å². The Labute approximate surface area is 189 Å². The Kier molecular flexibility index (Phi) is 5.72. The Hall–Kier alpha value is -2.92. The fourth-order valence-corrected chi connectivity index (χ4v) is 6.35. The number of hydrogen-bond donors (Lipinski definition) is 2. The summed E-state index contributed by atoms with van der Waals surface area (Å²) in [6.45, 7) is 1.76. The third-order valence-corrected chi connectivity index (χ3v) is 8.01. The first kappa shape index (κ1) is 22.3. The highest BCUT2D eigenvalue weighted by molar-refractivity contribution is 7.92. The first-order chi connectivity index (χ1) is 15.1. The van der Waals surface area contributed by atoms with Crippen LogP contribution in [0.3, 0.4) is 0 Å². The summed E-state index contributed by atoms with van der Waals surface area (Å²) in [6.07, 6.45) is 3.05. The van der Waals surface area contributed by atoms with Crippen LogP contribution in [-0.4, -0.2) is 45.1 Å². The highest BCUT2D eigenvalue weighted by Gasteiger charge is 2.29. The van der Waals surface area contributed by atoms with Crippen LogP contribution in [0.2, 0.25) is 0 Å². The van der Waals surface area contributed by atoms with Gasteiger partial charge in [-0.15, -0.1) is 11.3 Å². The van der Waals surface area contributed by atoms with Crippen molar-refractivity contribution >= 4 is 49.8 Å². The maximum Gasteiger partial charge on any atom is 0.338 e. The maximum absolute atomic E-state index is 12.6. The summed E-state index contributed by atoms with van der Waals surface area (Å²) < 4.78 is 30.3. The Morgan fingerprint density at radius 1 is 1.22 bits per heavy atom. The van der Waals surface area contributed by atoms with E-state index in [4.69, 9.17) is 10.5 Å². The van der Waals surface area contributed by atoms with E-state index in [0.29, 0.717) is 29.2 Å². The summed E-state index contributed by atoms with van der Waals surface area (Å²) in [4.78, 5) is 38.1. The van der Waals surface area contributed by atoms with E-state index in [2.05, 4.69) is 5.32 Å². The number of amides is 2. The number of sulfonamides is 1. The van der Waals surface area contributed by atoms with Crippen molar-refractivity contribution in [2.45, 2.75) is 38.7 Å². The summed E-state index contributed by atoms with van der Waals surface area (Å²) in [6, 6.07) is 4.63. The number of ether oxygens (including phenoxy) is 1. The van der Waals surface area contributed by atoms with Crippen molar-refractivity contribution in [2.24, 2.45) is 5.73 Å². The molecule has 0 bridgehead atoms. The Balaban J connectivity index is 1.45. The van der Waals surface area contributed by atoms with Crippen LogP contribution in [0.1, 0.15) is 50.1 Å². The second kappa shape index (κ2) is 8.21. The van der Waals surface area contributed by atoms with Crippen LogP contribution >= 0.6 is 11.3 Å². The van der Waals surface area contributed by atoms with Gasteiger partial charge in [0.1, 0.15) is 5.00 Å². The summed E-state index contributed by atoms with van der Waals surface area (Å²) in [5.41, 5.74) is 8.23. The van der Waals surface area contributed by atoms with Gasteiger partial charge in [0.2, 0.25) is 10.0 Å². The molecule has 2 amide bonds. The SMILES string of the molecule is CC(OC(=O)c1ccc2c(c1)CCN2S(C)(=O)=O)C(=O)Nc1sc2c(c1C(N)=O)CCC2. The van der Waals surface area contributed by atoms with Gasteiger partial charge in [-0.25, -0.2) is 13.2 Å².